The van der Waals surface area contributed by atoms with Crippen LogP contribution in [0.3, 0.4) is 0 Å². The summed E-state index contributed by atoms with van der Waals surface area (Å²) in [6, 6.07) is -1.51. The first-order valence-electron chi connectivity index (χ1n) is 6.24. The number of ether oxygens (including phenoxy) is 1. The standard InChI is InChI=1S/C12H16F2N2O4S/c1-12(13,14)9-5-4-7-8(21(18,19)15-9)6-16(2)10(7)11(17)20-3/h6,9,15H,4-5H2,1-3H3. The molecule has 1 N–H and O–H groups in total. The molecule has 9 heteroatoms. The molecule has 0 fully saturated rings. The minimum atomic E-state index is -4.11. The van der Waals surface area contributed by atoms with Crippen molar-refractivity contribution < 1.29 is 26.7 Å². The normalized spacial score (nSPS) is 21.5. The summed E-state index contributed by atoms with van der Waals surface area (Å²) in [7, 11) is -1.44. The van der Waals surface area contributed by atoms with Crippen LogP contribution in [-0.2, 0) is 28.2 Å². The predicted octanol–water partition coefficient (Wildman–Crippen LogP) is 1.06. The molecule has 1 aliphatic rings. The summed E-state index contributed by atoms with van der Waals surface area (Å²) in [5.74, 6) is -3.89. The molecule has 0 spiro atoms. The molecule has 0 radical (unpaired) electrons. The number of alkyl halides is 2. The van der Waals surface area contributed by atoms with Crippen LogP contribution >= 0.6 is 0 Å². The van der Waals surface area contributed by atoms with E-state index >= 15 is 0 Å². The summed E-state index contributed by atoms with van der Waals surface area (Å²) in [6.07, 6.45) is 1.17. The Bertz CT molecular complexity index is 676. The maximum absolute atomic E-state index is 13.4. The molecule has 0 bridgehead atoms. The number of aryl methyl sites for hydroxylation is 1. The molecule has 0 saturated heterocycles. The monoisotopic (exact) mass is 322 g/mol. The lowest BCUT2D eigenvalue weighted by Gasteiger charge is -2.22. The number of rotatable bonds is 2. The van der Waals surface area contributed by atoms with Crippen LogP contribution in [-0.4, -0.2) is 38.0 Å². The van der Waals surface area contributed by atoms with Crippen LogP contribution in [0.2, 0.25) is 0 Å². The Morgan fingerprint density at radius 3 is 2.67 bits per heavy atom. The van der Waals surface area contributed by atoms with Crippen LogP contribution in [0.4, 0.5) is 8.78 Å². The third kappa shape index (κ3) is 2.80. The molecule has 2 rings (SSSR count). The van der Waals surface area contributed by atoms with Crippen LogP contribution in [0.25, 0.3) is 0 Å². The summed E-state index contributed by atoms with van der Waals surface area (Å²) in [6.45, 7) is 0.664. The number of methoxy groups -OCH3 is 1. The third-order valence-corrected chi connectivity index (χ3v) is 5.03. The van der Waals surface area contributed by atoms with Gasteiger partial charge in [-0.05, 0) is 12.8 Å². The zero-order valence-corrected chi connectivity index (χ0v) is 12.6. The molecule has 1 aromatic heterocycles. The highest BCUT2D eigenvalue weighted by Gasteiger charge is 2.41. The number of sulfonamides is 1. The molecule has 1 aromatic rings. The Hall–Kier alpha value is -1.48. The van der Waals surface area contributed by atoms with E-state index in [0.717, 1.165) is 0 Å². The fourth-order valence-corrected chi connectivity index (χ4v) is 4.09. The van der Waals surface area contributed by atoms with Crippen molar-refractivity contribution in [3.8, 4) is 0 Å². The first kappa shape index (κ1) is 15.9. The van der Waals surface area contributed by atoms with E-state index in [1.165, 1.54) is 24.9 Å². The third-order valence-electron chi connectivity index (χ3n) is 3.51. The van der Waals surface area contributed by atoms with Crippen molar-refractivity contribution in [2.45, 2.75) is 36.6 Å². The van der Waals surface area contributed by atoms with E-state index in [4.69, 9.17) is 0 Å². The van der Waals surface area contributed by atoms with E-state index < -0.39 is 28.0 Å². The fraction of sp³-hybridized carbons (Fsp3) is 0.583. The maximum Gasteiger partial charge on any atom is 0.354 e. The number of carbonyl (C=O) groups is 1. The first-order valence-corrected chi connectivity index (χ1v) is 7.73. The lowest BCUT2D eigenvalue weighted by molar-refractivity contribution is -0.0130. The summed E-state index contributed by atoms with van der Waals surface area (Å²) >= 11 is 0. The SMILES string of the molecule is COC(=O)c1c2c(cn1C)S(=O)(=O)NC(C(C)(F)F)CC2. The van der Waals surface area contributed by atoms with Crippen molar-refractivity contribution in [1.82, 2.24) is 9.29 Å². The van der Waals surface area contributed by atoms with Gasteiger partial charge in [0, 0.05) is 25.7 Å². The molecular formula is C12H16F2N2O4S. The summed E-state index contributed by atoms with van der Waals surface area (Å²) in [5.41, 5.74) is 0.279. The number of fused-ring (bicyclic) bond motifs is 1. The van der Waals surface area contributed by atoms with E-state index in [9.17, 15) is 22.0 Å². The quantitative estimate of drug-likeness (QED) is 0.826. The van der Waals surface area contributed by atoms with Gasteiger partial charge in [0.15, 0.2) is 0 Å². The highest BCUT2D eigenvalue weighted by atomic mass is 32.2. The molecule has 0 saturated carbocycles. The molecule has 0 aromatic carbocycles. The Morgan fingerprint density at radius 1 is 1.52 bits per heavy atom. The van der Waals surface area contributed by atoms with Crippen LogP contribution in [0.5, 0.6) is 0 Å². The molecular weight excluding hydrogens is 306 g/mol. The lowest BCUT2D eigenvalue weighted by atomic mass is 10.0. The Morgan fingerprint density at radius 2 is 2.14 bits per heavy atom. The zero-order chi connectivity index (χ0) is 16.0. The number of hydrogen-bond donors (Lipinski definition) is 1. The van der Waals surface area contributed by atoms with Crippen molar-refractivity contribution in [3.63, 3.8) is 0 Å². The van der Waals surface area contributed by atoms with Gasteiger partial charge in [-0.3, -0.25) is 0 Å². The number of halogens is 2. The van der Waals surface area contributed by atoms with Gasteiger partial charge < -0.3 is 9.30 Å². The first-order chi connectivity index (χ1) is 9.58. The van der Waals surface area contributed by atoms with Crippen LogP contribution < -0.4 is 4.72 Å². The van der Waals surface area contributed by atoms with Crippen molar-refractivity contribution in [3.05, 3.63) is 17.5 Å². The number of nitrogens with zero attached hydrogens (tertiary/aromatic N) is 1. The average Bonchev–Trinajstić information content (AvgIpc) is 2.63. The summed E-state index contributed by atoms with van der Waals surface area (Å²) in [4.78, 5) is 11.6. The predicted molar refractivity (Wildman–Crippen MR) is 69.8 cm³/mol. The topological polar surface area (TPSA) is 77.4 Å². The van der Waals surface area contributed by atoms with Gasteiger partial charge in [0.05, 0.1) is 13.2 Å². The van der Waals surface area contributed by atoms with Gasteiger partial charge in [-0.1, -0.05) is 0 Å². The van der Waals surface area contributed by atoms with Gasteiger partial charge in [-0.25, -0.2) is 26.7 Å². The molecule has 1 unspecified atom stereocenters. The molecule has 6 nitrogen and oxygen atoms in total. The van der Waals surface area contributed by atoms with Gasteiger partial charge in [-0.15, -0.1) is 0 Å². The Kier molecular flexibility index (Phi) is 3.83. The smallest absolute Gasteiger partial charge is 0.354 e. The minimum Gasteiger partial charge on any atom is -0.464 e. The van der Waals surface area contributed by atoms with Crippen molar-refractivity contribution in [2.75, 3.05) is 7.11 Å². The second-order valence-corrected chi connectivity index (χ2v) is 6.77. The molecule has 0 aliphatic carbocycles. The van der Waals surface area contributed by atoms with Crippen molar-refractivity contribution in [1.29, 1.82) is 0 Å². The lowest BCUT2D eigenvalue weighted by Crippen LogP contribution is -2.45. The number of esters is 1. The van der Waals surface area contributed by atoms with E-state index in [1.807, 2.05) is 4.72 Å². The Labute approximate surface area is 121 Å². The van der Waals surface area contributed by atoms with E-state index in [2.05, 4.69) is 4.74 Å². The fourth-order valence-electron chi connectivity index (χ4n) is 2.44. The Balaban J connectivity index is 2.56. The highest BCUT2D eigenvalue weighted by Crippen LogP contribution is 2.31. The molecule has 118 valence electrons. The second kappa shape index (κ2) is 5.06. The highest BCUT2D eigenvalue weighted by molar-refractivity contribution is 7.89. The van der Waals surface area contributed by atoms with Gasteiger partial charge in [0.25, 0.3) is 5.92 Å². The van der Waals surface area contributed by atoms with Crippen molar-refractivity contribution in [2.24, 2.45) is 7.05 Å². The number of aromatic nitrogens is 1. The van der Waals surface area contributed by atoms with E-state index in [0.29, 0.717) is 6.92 Å². The number of nitrogens with one attached hydrogen (secondary N) is 1. The van der Waals surface area contributed by atoms with Gasteiger partial charge in [0.2, 0.25) is 10.0 Å². The number of hydrogen-bond acceptors (Lipinski definition) is 4. The molecule has 1 atom stereocenters. The average molecular weight is 322 g/mol. The molecule has 1 aliphatic heterocycles. The largest absolute Gasteiger partial charge is 0.464 e. The molecule has 2 heterocycles. The van der Waals surface area contributed by atoms with Crippen LogP contribution in [0.15, 0.2) is 11.1 Å². The van der Waals surface area contributed by atoms with Crippen molar-refractivity contribution >= 4 is 16.0 Å². The number of carbonyl (C=O) groups excluding carboxylic acids is 1. The molecule has 0 amide bonds. The second-order valence-electron chi connectivity index (χ2n) is 5.09. The maximum atomic E-state index is 13.4. The van der Waals surface area contributed by atoms with Gasteiger partial charge in [0.1, 0.15) is 10.6 Å². The van der Waals surface area contributed by atoms with Crippen LogP contribution in [0.1, 0.15) is 29.4 Å². The summed E-state index contributed by atoms with van der Waals surface area (Å²) in [5, 5.41) is 0. The van der Waals surface area contributed by atoms with E-state index in [1.54, 1.807) is 0 Å². The van der Waals surface area contributed by atoms with E-state index in [-0.39, 0.29) is 29.0 Å². The minimum absolute atomic E-state index is 0.0426. The van der Waals surface area contributed by atoms with Crippen LogP contribution in [0, 0.1) is 0 Å². The molecule has 21 heavy (non-hydrogen) atoms. The van der Waals surface area contributed by atoms with Gasteiger partial charge in [-0.2, -0.15) is 0 Å². The van der Waals surface area contributed by atoms with Gasteiger partial charge >= 0.3 is 5.97 Å². The summed E-state index contributed by atoms with van der Waals surface area (Å²) < 4.78 is 59.3. The zero-order valence-electron chi connectivity index (χ0n) is 11.8.